The van der Waals surface area contributed by atoms with Gasteiger partial charge in [0.05, 0.1) is 13.2 Å². The Hall–Kier alpha value is -1.07. The molecule has 0 spiro atoms. The molecule has 0 aliphatic carbocycles. The second-order valence-corrected chi connectivity index (χ2v) is 2.78. The lowest BCUT2D eigenvalue weighted by Gasteiger charge is -2.04. The molecular formula is C9H19N3O2. The Kier molecular flexibility index (Phi) is 9.25. The van der Waals surface area contributed by atoms with E-state index in [1.807, 2.05) is 6.08 Å². The van der Waals surface area contributed by atoms with Crippen LogP contribution in [0.15, 0.2) is 17.8 Å². The summed E-state index contributed by atoms with van der Waals surface area (Å²) in [5.41, 5.74) is 5.27. The number of rotatable bonds is 9. The van der Waals surface area contributed by atoms with Gasteiger partial charge in [-0.25, -0.2) is 0 Å². The number of hydrogen-bond acceptors (Lipinski definition) is 4. The first-order valence-electron chi connectivity index (χ1n) is 4.67. The Bertz CT molecular complexity index is 171. The zero-order chi connectivity index (χ0) is 10.6. The van der Waals surface area contributed by atoms with Gasteiger partial charge < -0.3 is 21.0 Å². The number of hydrogen-bond donors (Lipinski definition) is 3. The van der Waals surface area contributed by atoms with E-state index in [9.17, 15) is 0 Å². The van der Waals surface area contributed by atoms with Crippen LogP contribution < -0.4 is 11.1 Å². The Balaban J connectivity index is 3.02. The second kappa shape index (κ2) is 10.0. The largest absolute Gasteiger partial charge is 0.409 e. The third-order valence-corrected chi connectivity index (χ3v) is 1.58. The van der Waals surface area contributed by atoms with Crippen LogP contribution in [0.5, 0.6) is 0 Å². The summed E-state index contributed by atoms with van der Waals surface area (Å²) in [5.74, 6) is 0.241. The Labute approximate surface area is 84.6 Å². The zero-order valence-corrected chi connectivity index (χ0v) is 8.41. The van der Waals surface area contributed by atoms with E-state index in [4.69, 9.17) is 15.7 Å². The lowest BCUT2D eigenvalue weighted by Crippen LogP contribution is -2.25. The van der Waals surface area contributed by atoms with Crippen LogP contribution in [0.25, 0.3) is 0 Å². The van der Waals surface area contributed by atoms with E-state index in [-0.39, 0.29) is 5.84 Å². The molecule has 0 saturated carbocycles. The monoisotopic (exact) mass is 201 g/mol. The predicted octanol–water partition coefficient (Wildman–Crippen LogP) is 0.305. The van der Waals surface area contributed by atoms with Crippen LogP contribution in [0.4, 0.5) is 0 Å². The molecule has 0 rings (SSSR count). The first-order chi connectivity index (χ1) is 6.81. The number of nitrogens with zero attached hydrogens (tertiary/aromatic N) is 1. The summed E-state index contributed by atoms with van der Waals surface area (Å²) in [5, 5.41) is 14.2. The number of ether oxygens (including phenoxy) is 1. The third kappa shape index (κ3) is 9.02. The first-order valence-corrected chi connectivity index (χ1v) is 4.67. The van der Waals surface area contributed by atoms with Gasteiger partial charge in [0.1, 0.15) is 5.84 Å². The van der Waals surface area contributed by atoms with Crippen LogP contribution in [0.2, 0.25) is 0 Å². The Morgan fingerprint density at radius 3 is 2.93 bits per heavy atom. The van der Waals surface area contributed by atoms with Gasteiger partial charge in [-0.15, -0.1) is 6.58 Å². The fourth-order valence-corrected chi connectivity index (χ4v) is 0.805. The molecule has 0 fully saturated rings. The normalized spacial score (nSPS) is 11.6. The van der Waals surface area contributed by atoms with Crippen LogP contribution in [0.1, 0.15) is 12.8 Å². The number of amidine groups is 1. The highest BCUT2D eigenvalue weighted by molar-refractivity contribution is 5.79. The topological polar surface area (TPSA) is 79.9 Å². The summed E-state index contributed by atoms with van der Waals surface area (Å²) >= 11 is 0. The van der Waals surface area contributed by atoms with E-state index >= 15 is 0 Å². The molecular weight excluding hydrogens is 182 g/mol. The average molecular weight is 201 g/mol. The maximum absolute atomic E-state index is 8.24. The van der Waals surface area contributed by atoms with Crippen molar-refractivity contribution in [1.82, 2.24) is 5.32 Å². The van der Waals surface area contributed by atoms with Crippen LogP contribution >= 0.6 is 0 Å². The van der Waals surface area contributed by atoms with E-state index in [0.29, 0.717) is 26.2 Å². The SMILES string of the molecule is C=CCCOCCNCC/C(N)=N\O. The maximum atomic E-state index is 8.24. The average Bonchev–Trinajstić information content (AvgIpc) is 2.21. The number of nitrogens with two attached hydrogens (primary N) is 1. The van der Waals surface area contributed by atoms with Crippen molar-refractivity contribution in [2.45, 2.75) is 12.8 Å². The van der Waals surface area contributed by atoms with Gasteiger partial charge in [-0.1, -0.05) is 11.2 Å². The zero-order valence-electron chi connectivity index (χ0n) is 8.41. The van der Waals surface area contributed by atoms with E-state index < -0.39 is 0 Å². The molecule has 0 aliphatic heterocycles. The molecule has 0 radical (unpaired) electrons. The van der Waals surface area contributed by atoms with Crippen LogP contribution in [0, 0.1) is 0 Å². The van der Waals surface area contributed by atoms with E-state index in [2.05, 4.69) is 17.1 Å². The van der Waals surface area contributed by atoms with Crippen molar-refractivity contribution in [1.29, 1.82) is 0 Å². The Morgan fingerprint density at radius 1 is 1.50 bits per heavy atom. The molecule has 0 aromatic rings. The molecule has 0 amide bonds. The summed E-state index contributed by atoms with van der Waals surface area (Å²) in [6, 6.07) is 0. The highest BCUT2D eigenvalue weighted by atomic mass is 16.5. The van der Waals surface area contributed by atoms with Crippen molar-refractivity contribution in [2.75, 3.05) is 26.3 Å². The molecule has 0 bridgehead atoms. The van der Waals surface area contributed by atoms with Gasteiger partial charge >= 0.3 is 0 Å². The predicted molar refractivity (Wildman–Crippen MR) is 56.5 cm³/mol. The standard InChI is InChI=1S/C9H19N3O2/c1-2-3-7-14-8-6-11-5-4-9(10)12-13/h2,11,13H,1,3-8H2,(H2,10,12). The van der Waals surface area contributed by atoms with Crippen molar-refractivity contribution < 1.29 is 9.94 Å². The molecule has 0 unspecified atom stereocenters. The van der Waals surface area contributed by atoms with Crippen molar-refractivity contribution >= 4 is 5.84 Å². The Morgan fingerprint density at radius 2 is 2.29 bits per heavy atom. The molecule has 0 saturated heterocycles. The molecule has 0 aromatic carbocycles. The molecule has 4 N–H and O–H groups in total. The van der Waals surface area contributed by atoms with Crippen molar-refractivity contribution in [3.63, 3.8) is 0 Å². The van der Waals surface area contributed by atoms with E-state index in [1.165, 1.54) is 0 Å². The maximum Gasteiger partial charge on any atom is 0.140 e. The second-order valence-electron chi connectivity index (χ2n) is 2.78. The van der Waals surface area contributed by atoms with Crippen molar-refractivity contribution in [2.24, 2.45) is 10.9 Å². The van der Waals surface area contributed by atoms with Crippen molar-refractivity contribution in [3.05, 3.63) is 12.7 Å². The smallest absolute Gasteiger partial charge is 0.140 e. The quantitative estimate of drug-likeness (QED) is 0.125. The molecule has 0 atom stereocenters. The van der Waals surface area contributed by atoms with Gasteiger partial charge in [0.2, 0.25) is 0 Å². The number of nitrogens with one attached hydrogen (secondary N) is 1. The van der Waals surface area contributed by atoms with Gasteiger partial charge in [0, 0.05) is 19.5 Å². The molecule has 14 heavy (non-hydrogen) atoms. The van der Waals surface area contributed by atoms with Crippen molar-refractivity contribution in [3.8, 4) is 0 Å². The minimum Gasteiger partial charge on any atom is -0.409 e. The van der Waals surface area contributed by atoms with Gasteiger partial charge in [-0.2, -0.15) is 0 Å². The van der Waals surface area contributed by atoms with E-state index in [1.54, 1.807) is 0 Å². The summed E-state index contributed by atoms with van der Waals surface area (Å²) in [6.45, 7) is 6.44. The van der Waals surface area contributed by atoms with Gasteiger partial charge in [0.25, 0.3) is 0 Å². The fourth-order valence-electron chi connectivity index (χ4n) is 0.805. The highest BCUT2D eigenvalue weighted by Gasteiger charge is 1.92. The van der Waals surface area contributed by atoms with Gasteiger partial charge in [-0.05, 0) is 6.42 Å². The summed E-state index contributed by atoms with van der Waals surface area (Å²) in [7, 11) is 0. The highest BCUT2D eigenvalue weighted by Crippen LogP contribution is 1.82. The van der Waals surface area contributed by atoms with E-state index in [0.717, 1.165) is 13.0 Å². The summed E-state index contributed by atoms with van der Waals surface area (Å²) < 4.78 is 5.26. The number of oxime groups is 1. The molecule has 5 nitrogen and oxygen atoms in total. The summed E-state index contributed by atoms with van der Waals surface area (Å²) in [6.07, 6.45) is 3.25. The lowest BCUT2D eigenvalue weighted by atomic mass is 10.4. The van der Waals surface area contributed by atoms with Crippen LogP contribution in [-0.2, 0) is 4.74 Å². The van der Waals surface area contributed by atoms with Gasteiger partial charge in [0.15, 0.2) is 0 Å². The van der Waals surface area contributed by atoms with Crippen LogP contribution in [0.3, 0.4) is 0 Å². The molecule has 0 aliphatic rings. The molecule has 82 valence electrons. The molecule has 5 heteroatoms. The van der Waals surface area contributed by atoms with Gasteiger partial charge in [-0.3, -0.25) is 0 Å². The summed E-state index contributed by atoms with van der Waals surface area (Å²) in [4.78, 5) is 0. The third-order valence-electron chi connectivity index (χ3n) is 1.58. The minimum atomic E-state index is 0.241. The lowest BCUT2D eigenvalue weighted by molar-refractivity contribution is 0.141. The minimum absolute atomic E-state index is 0.241. The fraction of sp³-hybridized carbons (Fsp3) is 0.667. The first kappa shape index (κ1) is 12.9. The molecule has 0 aromatic heterocycles. The van der Waals surface area contributed by atoms with Crippen LogP contribution in [-0.4, -0.2) is 37.3 Å². The molecule has 0 heterocycles.